The zero-order valence-corrected chi connectivity index (χ0v) is 30.1. The third-order valence-electron chi connectivity index (χ3n) is 9.81. The molecule has 1 saturated carbocycles. The number of fused-ring (bicyclic) bond motifs is 11. The summed E-state index contributed by atoms with van der Waals surface area (Å²) >= 11 is 0. The Morgan fingerprint density at radius 2 is 1.62 bits per heavy atom. The first-order valence-corrected chi connectivity index (χ1v) is 18.3. The second-order valence-corrected chi connectivity index (χ2v) is 14.0. The number of aromatic nitrogens is 3. The molecule has 1 aliphatic carbocycles. The van der Waals surface area contributed by atoms with Crippen molar-refractivity contribution in [1.82, 2.24) is 24.8 Å². The van der Waals surface area contributed by atoms with Gasteiger partial charge in [-0.2, -0.15) is 28.1 Å². The Morgan fingerprint density at radius 3 is 2.32 bits per heavy atom. The van der Waals surface area contributed by atoms with Crippen LogP contribution in [0.2, 0.25) is 0 Å². The van der Waals surface area contributed by atoms with Crippen LogP contribution in [0.1, 0.15) is 78.7 Å². The van der Waals surface area contributed by atoms with Crippen molar-refractivity contribution in [1.29, 1.82) is 0 Å². The van der Waals surface area contributed by atoms with E-state index in [2.05, 4.69) is 25.2 Å². The van der Waals surface area contributed by atoms with Gasteiger partial charge in [-0.05, 0) is 98.8 Å². The fraction of sp³-hybridized carbons (Fsp3) is 0.553. The van der Waals surface area contributed by atoms with Gasteiger partial charge in [-0.1, -0.05) is 18.2 Å². The maximum Gasteiger partial charge on any atom is 0.422 e. The largest absolute Gasteiger partial charge is 0.494 e. The number of hydrogen-bond acceptors (Lipinski definition) is 11. The number of ether oxygens (including phenoxy) is 4. The maximum absolute atomic E-state index is 13.8. The Morgan fingerprint density at radius 1 is 0.906 bits per heavy atom. The summed E-state index contributed by atoms with van der Waals surface area (Å²) in [4.78, 5) is 43.1. The van der Waals surface area contributed by atoms with Gasteiger partial charge in [-0.25, -0.2) is 4.79 Å². The van der Waals surface area contributed by atoms with Crippen molar-refractivity contribution in [3.8, 4) is 17.5 Å². The SMILES string of the molecule is COC(=O)N1CCCOc2ccc(cc2)CNc2nc(nc(OCC(F)(F)F)n2)Cc2ccc(C(=O)CCC3(CN4CCCC4)CC3)c(c2)OCCC1. The summed E-state index contributed by atoms with van der Waals surface area (Å²) in [6.07, 6.45) is 2.03. The molecule has 4 heterocycles. The third-order valence-corrected chi connectivity index (χ3v) is 9.81. The van der Waals surface area contributed by atoms with Gasteiger partial charge in [0.15, 0.2) is 12.4 Å². The van der Waals surface area contributed by atoms with E-state index in [9.17, 15) is 22.8 Å². The normalized spacial score (nSPS) is 18.1. The van der Waals surface area contributed by atoms with E-state index < -0.39 is 24.9 Å². The van der Waals surface area contributed by atoms with Crippen molar-refractivity contribution in [2.24, 2.45) is 5.41 Å². The first kappa shape index (κ1) is 38.1. The molecule has 3 aliphatic heterocycles. The molecule has 0 radical (unpaired) electrons. The van der Waals surface area contributed by atoms with Gasteiger partial charge in [0.25, 0.3) is 0 Å². The minimum atomic E-state index is -4.58. The van der Waals surface area contributed by atoms with Crippen molar-refractivity contribution in [2.45, 2.75) is 70.5 Å². The van der Waals surface area contributed by atoms with Crippen LogP contribution in [0.25, 0.3) is 0 Å². The number of alkyl halides is 3. The Kier molecular flexibility index (Phi) is 12.5. The highest BCUT2D eigenvalue weighted by molar-refractivity contribution is 5.98. The highest BCUT2D eigenvalue weighted by Crippen LogP contribution is 2.50. The molecule has 12 nitrogen and oxygen atoms in total. The number of carbonyl (C=O) groups excluding carboxylic acids is 2. The van der Waals surface area contributed by atoms with E-state index in [0.717, 1.165) is 44.5 Å². The molecule has 3 aromatic rings. The smallest absolute Gasteiger partial charge is 0.422 e. The average Bonchev–Trinajstić information content (AvgIpc) is 3.72. The standard InChI is InChI=1S/C38H47F3N6O6/c1-50-36(49)47-18-4-20-51-29-9-6-27(7-10-29)24-42-34-43-33(44-35(45-34)53-26-38(39,40)41)23-28-8-11-30(32(22-28)52-21-5-19-47)31(48)12-13-37(14-15-37)25-46-16-2-3-17-46/h6-11,22H,2-5,12-21,23-26H2,1H3,(H,42,43,44,45). The summed E-state index contributed by atoms with van der Waals surface area (Å²) in [5.41, 5.74) is 2.18. The summed E-state index contributed by atoms with van der Waals surface area (Å²) in [5.74, 6) is 1.24. The number of nitrogens with zero attached hydrogens (tertiary/aromatic N) is 5. The molecule has 4 aliphatic rings. The summed E-state index contributed by atoms with van der Waals surface area (Å²) in [6, 6.07) is 12.1. The van der Waals surface area contributed by atoms with E-state index in [1.807, 2.05) is 12.1 Å². The summed E-state index contributed by atoms with van der Waals surface area (Å²) in [5, 5.41) is 3.06. The number of amides is 1. The highest BCUT2D eigenvalue weighted by atomic mass is 19.4. The molecule has 286 valence electrons. The first-order valence-electron chi connectivity index (χ1n) is 18.3. The first-order chi connectivity index (χ1) is 25.6. The van der Waals surface area contributed by atoms with E-state index in [0.29, 0.717) is 61.6 Å². The van der Waals surface area contributed by atoms with E-state index in [-0.39, 0.29) is 42.5 Å². The monoisotopic (exact) mass is 740 g/mol. The molecule has 1 aromatic heterocycles. The van der Waals surface area contributed by atoms with E-state index in [4.69, 9.17) is 18.9 Å². The van der Waals surface area contributed by atoms with Gasteiger partial charge in [-0.3, -0.25) is 4.79 Å². The Labute approximate surface area is 307 Å². The zero-order chi connectivity index (χ0) is 37.3. The molecule has 1 N–H and O–H groups in total. The van der Waals surface area contributed by atoms with Crippen LogP contribution in [-0.4, -0.2) is 102 Å². The molecule has 53 heavy (non-hydrogen) atoms. The molecule has 1 amide bonds. The lowest BCUT2D eigenvalue weighted by atomic mass is 9.94. The number of benzene rings is 2. The zero-order valence-electron chi connectivity index (χ0n) is 30.1. The van der Waals surface area contributed by atoms with Crippen molar-refractivity contribution in [2.75, 3.05) is 65.0 Å². The number of anilines is 1. The average molecular weight is 741 g/mol. The van der Waals surface area contributed by atoms with Crippen molar-refractivity contribution in [3.63, 3.8) is 0 Å². The van der Waals surface area contributed by atoms with Gasteiger partial charge in [0, 0.05) is 39.0 Å². The number of ketones is 1. The van der Waals surface area contributed by atoms with Gasteiger partial charge in [0.1, 0.15) is 17.3 Å². The number of likely N-dealkylation sites (tertiary alicyclic amines) is 1. The summed E-state index contributed by atoms with van der Waals surface area (Å²) in [6.45, 7) is 3.37. The number of carbonyl (C=O) groups is 2. The lowest BCUT2D eigenvalue weighted by Gasteiger charge is -2.23. The van der Waals surface area contributed by atoms with Crippen LogP contribution in [0.15, 0.2) is 42.5 Å². The number of hydrogen-bond donors (Lipinski definition) is 1. The third kappa shape index (κ3) is 11.4. The predicted octanol–water partition coefficient (Wildman–Crippen LogP) is 6.47. The van der Waals surface area contributed by atoms with Crippen LogP contribution >= 0.6 is 0 Å². The number of methoxy groups -OCH3 is 1. The minimum absolute atomic E-state index is 0.0147. The van der Waals surface area contributed by atoms with Crippen LogP contribution in [0.3, 0.4) is 0 Å². The second-order valence-electron chi connectivity index (χ2n) is 14.0. The fourth-order valence-corrected chi connectivity index (χ4v) is 6.76. The van der Waals surface area contributed by atoms with E-state index in [1.165, 1.54) is 20.0 Å². The maximum atomic E-state index is 13.8. The number of halogens is 3. The summed E-state index contributed by atoms with van der Waals surface area (Å²) in [7, 11) is 1.34. The lowest BCUT2D eigenvalue weighted by molar-refractivity contribution is -0.154. The molecule has 15 heteroatoms. The number of nitrogens with one attached hydrogen (secondary N) is 1. The molecule has 0 spiro atoms. The van der Waals surface area contributed by atoms with Crippen LogP contribution in [0, 0.1) is 5.41 Å². The molecule has 6 bridgehead atoms. The minimum Gasteiger partial charge on any atom is -0.494 e. The van der Waals surface area contributed by atoms with Crippen LogP contribution in [0.5, 0.6) is 17.5 Å². The molecule has 2 aromatic carbocycles. The van der Waals surface area contributed by atoms with E-state index >= 15 is 0 Å². The number of rotatable bonds is 8. The lowest BCUT2D eigenvalue weighted by Crippen LogP contribution is -2.34. The molecule has 7 rings (SSSR count). The van der Waals surface area contributed by atoms with Crippen LogP contribution in [0.4, 0.5) is 23.9 Å². The summed E-state index contributed by atoms with van der Waals surface area (Å²) < 4.78 is 61.2. The van der Waals surface area contributed by atoms with E-state index in [1.54, 1.807) is 35.2 Å². The molecule has 1 saturated heterocycles. The van der Waals surface area contributed by atoms with Crippen molar-refractivity contribution in [3.05, 3.63) is 65.0 Å². The number of Topliss-reactive ketones (excluding diaryl/α,β-unsaturated/α-hetero) is 1. The second kappa shape index (κ2) is 17.4. The topological polar surface area (TPSA) is 128 Å². The van der Waals surface area contributed by atoms with Gasteiger partial charge >= 0.3 is 18.3 Å². The Bertz CT molecular complexity index is 1700. The Balaban J connectivity index is 1.24. The quantitative estimate of drug-likeness (QED) is 0.255. The van der Waals surface area contributed by atoms with Gasteiger partial charge in [0.2, 0.25) is 5.95 Å². The Hall–Kier alpha value is -4.66. The molecule has 0 atom stereocenters. The highest BCUT2D eigenvalue weighted by Gasteiger charge is 2.44. The van der Waals surface area contributed by atoms with Crippen molar-refractivity contribution < 1.29 is 41.7 Å². The molecular weight excluding hydrogens is 693 g/mol. The van der Waals surface area contributed by atoms with Gasteiger partial charge in [-0.15, -0.1) is 0 Å². The van der Waals surface area contributed by atoms with Crippen LogP contribution in [-0.2, 0) is 17.7 Å². The fourth-order valence-electron chi connectivity index (χ4n) is 6.76. The van der Waals surface area contributed by atoms with Gasteiger partial charge < -0.3 is 34.1 Å². The molecule has 0 unspecified atom stereocenters. The predicted molar refractivity (Wildman–Crippen MR) is 190 cm³/mol. The van der Waals surface area contributed by atoms with Crippen molar-refractivity contribution >= 4 is 17.8 Å². The molecular formula is C38H47F3N6O6. The molecule has 2 fully saturated rings. The van der Waals surface area contributed by atoms with Gasteiger partial charge in [0.05, 0.1) is 25.9 Å². The van der Waals surface area contributed by atoms with Crippen LogP contribution < -0.4 is 19.5 Å².